The summed E-state index contributed by atoms with van der Waals surface area (Å²) in [6.07, 6.45) is 2.77. The maximum absolute atomic E-state index is 10.1. The number of rotatable bonds is 2. The molecular formula is C16H18BrNO. The van der Waals surface area contributed by atoms with Crippen molar-refractivity contribution in [2.75, 3.05) is 0 Å². The Morgan fingerprint density at radius 1 is 1.37 bits per heavy atom. The van der Waals surface area contributed by atoms with Gasteiger partial charge in [-0.2, -0.15) is 0 Å². The van der Waals surface area contributed by atoms with Crippen molar-refractivity contribution in [1.82, 2.24) is 4.57 Å². The number of aliphatic hydroxyl groups is 1. The first kappa shape index (κ1) is 12.9. The van der Waals surface area contributed by atoms with Crippen LogP contribution in [0, 0.1) is 6.92 Å². The van der Waals surface area contributed by atoms with Crippen molar-refractivity contribution >= 4 is 15.9 Å². The first-order valence-corrected chi connectivity index (χ1v) is 7.56. The largest absolute Gasteiger partial charge is 0.388 e. The summed E-state index contributed by atoms with van der Waals surface area (Å²) < 4.78 is 3.49. The Kier molecular flexibility index (Phi) is 3.50. The monoisotopic (exact) mass is 319 g/mol. The quantitative estimate of drug-likeness (QED) is 0.890. The second-order valence-electron chi connectivity index (χ2n) is 5.27. The zero-order valence-electron chi connectivity index (χ0n) is 11.1. The highest BCUT2D eigenvalue weighted by Gasteiger charge is 2.23. The van der Waals surface area contributed by atoms with Gasteiger partial charge >= 0.3 is 0 Å². The number of hydrogen-bond acceptors (Lipinski definition) is 1. The minimum atomic E-state index is -0.275. The van der Waals surface area contributed by atoms with Gasteiger partial charge in [0.2, 0.25) is 0 Å². The lowest BCUT2D eigenvalue weighted by Crippen LogP contribution is -2.13. The average molecular weight is 320 g/mol. The number of nitrogens with zero attached hydrogens (tertiary/aromatic N) is 1. The van der Waals surface area contributed by atoms with Gasteiger partial charge in [0, 0.05) is 28.0 Å². The van der Waals surface area contributed by atoms with Gasteiger partial charge in [-0.25, -0.2) is 0 Å². The van der Waals surface area contributed by atoms with Crippen molar-refractivity contribution in [2.24, 2.45) is 0 Å². The summed E-state index contributed by atoms with van der Waals surface area (Å²) in [6, 6.07) is 10.5. The molecule has 1 unspecified atom stereocenters. The number of halogens is 1. The third-order valence-electron chi connectivity index (χ3n) is 3.99. The zero-order chi connectivity index (χ0) is 13.4. The molecule has 3 heteroatoms. The first-order chi connectivity index (χ1) is 9.16. The van der Waals surface area contributed by atoms with E-state index >= 15 is 0 Å². The van der Waals surface area contributed by atoms with E-state index in [1.165, 1.54) is 17.0 Å². The molecule has 0 bridgehead atoms. The molecule has 3 rings (SSSR count). The molecule has 0 spiro atoms. The van der Waals surface area contributed by atoms with E-state index in [2.05, 4.69) is 51.7 Å². The second kappa shape index (κ2) is 5.14. The molecule has 1 aromatic heterocycles. The van der Waals surface area contributed by atoms with Crippen LogP contribution in [0.2, 0.25) is 0 Å². The van der Waals surface area contributed by atoms with Crippen LogP contribution < -0.4 is 0 Å². The lowest BCUT2D eigenvalue weighted by molar-refractivity contribution is 0.156. The van der Waals surface area contributed by atoms with Crippen molar-refractivity contribution < 1.29 is 5.11 Å². The molecule has 2 nitrogen and oxygen atoms in total. The molecule has 1 atom stereocenters. The normalized spacial score (nSPS) is 18.4. The third kappa shape index (κ3) is 2.37. The van der Waals surface area contributed by atoms with Crippen LogP contribution in [0.4, 0.5) is 0 Å². The van der Waals surface area contributed by atoms with Gasteiger partial charge in [-0.15, -0.1) is 0 Å². The summed E-state index contributed by atoms with van der Waals surface area (Å²) in [5.41, 5.74) is 4.97. The second-order valence-corrected chi connectivity index (χ2v) is 6.13. The van der Waals surface area contributed by atoms with Crippen molar-refractivity contribution in [2.45, 2.75) is 38.8 Å². The Morgan fingerprint density at radius 2 is 2.16 bits per heavy atom. The summed E-state index contributed by atoms with van der Waals surface area (Å²) in [5, 5.41) is 10.1. The van der Waals surface area contributed by atoms with Crippen molar-refractivity contribution in [3.05, 3.63) is 57.3 Å². The molecule has 2 aromatic rings. The summed E-state index contributed by atoms with van der Waals surface area (Å²) >= 11 is 3.61. The predicted octanol–water partition coefficient (Wildman–Crippen LogP) is 3.98. The van der Waals surface area contributed by atoms with Gasteiger partial charge in [-0.3, -0.25) is 0 Å². The zero-order valence-corrected chi connectivity index (χ0v) is 12.7. The highest BCUT2D eigenvalue weighted by atomic mass is 79.9. The SMILES string of the molecule is Cc1cc2c(n1Cc1ccccc1Br)CCCC2O. The first-order valence-electron chi connectivity index (χ1n) is 6.77. The van der Waals surface area contributed by atoms with E-state index < -0.39 is 0 Å². The van der Waals surface area contributed by atoms with Crippen LogP contribution in [0.25, 0.3) is 0 Å². The number of aromatic nitrogens is 1. The van der Waals surface area contributed by atoms with Gasteiger partial charge in [0.15, 0.2) is 0 Å². The molecule has 0 saturated heterocycles. The fourth-order valence-electron chi connectivity index (χ4n) is 2.96. The van der Waals surface area contributed by atoms with Gasteiger partial charge in [-0.05, 0) is 43.9 Å². The Morgan fingerprint density at radius 3 is 2.95 bits per heavy atom. The highest BCUT2D eigenvalue weighted by Crippen LogP contribution is 2.33. The molecule has 0 fully saturated rings. The number of aryl methyl sites for hydroxylation is 1. The highest BCUT2D eigenvalue weighted by molar-refractivity contribution is 9.10. The van der Waals surface area contributed by atoms with E-state index in [0.29, 0.717) is 0 Å². The molecule has 0 amide bonds. The van der Waals surface area contributed by atoms with Gasteiger partial charge in [0.05, 0.1) is 6.10 Å². The third-order valence-corrected chi connectivity index (χ3v) is 4.76. The molecule has 100 valence electrons. The number of hydrogen-bond donors (Lipinski definition) is 1. The lowest BCUT2D eigenvalue weighted by atomic mass is 9.95. The standard InChI is InChI=1S/C16H18BrNO/c1-11-9-13-15(7-4-8-16(13)19)18(11)10-12-5-2-3-6-14(12)17/h2-3,5-6,9,16,19H,4,7-8,10H2,1H3. The molecular weight excluding hydrogens is 302 g/mol. The van der Waals surface area contributed by atoms with Crippen LogP contribution in [0.3, 0.4) is 0 Å². The van der Waals surface area contributed by atoms with Crippen LogP contribution in [0.15, 0.2) is 34.8 Å². The fourth-order valence-corrected chi connectivity index (χ4v) is 3.37. The van der Waals surface area contributed by atoms with E-state index in [9.17, 15) is 5.11 Å². The topological polar surface area (TPSA) is 25.2 Å². The van der Waals surface area contributed by atoms with Gasteiger partial charge in [0.1, 0.15) is 0 Å². The minimum absolute atomic E-state index is 0.275. The smallest absolute Gasteiger partial charge is 0.0807 e. The maximum atomic E-state index is 10.1. The summed E-state index contributed by atoms with van der Waals surface area (Å²) in [7, 11) is 0. The minimum Gasteiger partial charge on any atom is -0.388 e. The summed E-state index contributed by atoms with van der Waals surface area (Å²) in [5.74, 6) is 0. The van der Waals surface area contributed by atoms with Crippen LogP contribution in [-0.2, 0) is 13.0 Å². The van der Waals surface area contributed by atoms with E-state index in [-0.39, 0.29) is 6.10 Å². The van der Waals surface area contributed by atoms with Crippen molar-refractivity contribution in [3.63, 3.8) is 0 Å². The fraction of sp³-hybridized carbons (Fsp3) is 0.375. The van der Waals surface area contributed by atoms with Gasteiger partial charge < -0.3 is 9.67 Å². The Balaban J connectivity index is 2.00. The number of aliphatic hydroxyl groups excluding tert-OH is 1. The Bertz CT molecular complexity index is 603. The van der Waals surface area contributed by atoms with Crippen molar-refractivity contribution in [1.29, 1.82) is 0 Å². The van der Waals surface area contributed by atoms with Crippen LogP contribution >= 0.6 is 15.9 Å². The molecule has 0 saturated carbocycles. The average Bonchev–Trinajstić information content (AvgIpc) is 2.71. The van der Waals surface area contributed by atoms with Crippen LogP contribution in [0.1, 0.15) is 41.5 Å². The predicted molar refractivity (Wildman–Crippen MR) is 80.3 cm³/mol. The van der Waals surface area contributed by atoms with E-state index in [0.717, 1.165) is 35.8 Å². The molecule has 1 N–H and O–H groups in total. The summed E-state index contributed by atoms with van der Waals surface area (Å²) in [6.45, 7) is 3.00. The molecule has 1 aliphatic carbocycles. The van der Waals surface area contributed by atoms with Crippen molar-refractivity contribution in [3.8, 4) is 0 Å². The molecule has 1 aromatic carbocycles. The van der Waals surface area contributed by atoms with Gasteiger partial charge in [-0.1, -0.05) is 34.1 Å². The number of fused-ring (bicyclic) bond motifs is 1. The molecule has 1 heterocycles. The molecule has 0 radical (unpaired) electrons. The number of benzene rings is 1. The Labute approximate surface area is 122 Å². The van der Waals surface area contributed by atoms with E-state index in [4.69, 9.17) is 0 Å². The Hall–Kier alpha value is -1.06. The molecule has 19 heavy (non-hydrogen) atoms. The van der Waals surface area contributed by atoms with Crippen LogP contribution in [-0.4, -0.2) is 9.67 Å². The lowest BCUT2D eigenvalue weighted by Gasteiger charge is -2.20. The van der Waals surface area contributed by atoms with E-state index in [1.54, 1.807) is 0 Å². The van der Waals surface area contributed by atoms with E-state index in [1.807, 2.05) is 6.07 Å². The maximum Gasteiger partial charge on any atom is 0.0807 e. The van der Waals surface area contributed by atoms with Crippen LogP contribution in [0.5, 0.6) is 0 Å². The summed E-state index contributed by atoms with van der Waals surface area (Å²) in [4.78, 5) is 0. The molecule has 0 aliphatic heterocycles. The van der Waals surface area contributed by atoms with Gasteiger partial charge in [0.25, 0.3) is 0 Å². The molecule has 1 aliphatic rings.